The summed E-state index contributed by atoms with van der Waals surface area (Å²) in [6.07, 6.45) is 3.42. The summed E-state index contributed by atoms with van der Waals surface area (Å²) in [6.45, 7) is 3.81. The van der Waals surface area contributed by atoms with Crippen molar-refractivity contribution in [3.05, 3.63) is 76.6 Å². The average molecular weight is 359 g/mol. The van der Waals surface area contributed by atoms with Crippen LogP contribution in [0.1, 0.15) is 11.1 Å². The van der Waals surface area contributed by atoms with E-state index in [1.807, 2.05) is 35.2 Å². The summed E-state index contributed by atoms with van der Waals surface area (Å²) in [5.74, 6) is -0.192. The van der Waals surface area contributed by atoms with Crippen molar-refractivity contribution in [2.75, 3.05) is 26.2 Å². The Bertz CT molecular complexity index is 735. The van der Waals surface area contributed by atoms with Crippen LogP contribution in [0.2, 0.25) is 5.02 Å². The maximum absolute atomic E-state index is 12.9. The Labute approximate surface area is 152 Å². The van der Waals surface area contributed by atoms with E-state index in [4.69, 9.17) is 11.6 Å². The topological polar surface area (TPSA) is 23.6 Å². The SMILES string of the molecule is O=C(/C=C\c1ccc(Cl)cc1)N1CCN(Cc2ccc(F)cc2)CC1. The molecule has 1 saturated heterocycles. The lowest BCUT2D eigenvalue weighted by Crippen LogP contribution is -2.47. The van der Waals surface area contributed by atoms with Crippen LogP contribution >= 0.6 is 11.6 Å². The maximum Gasteiger partial charge on any atom is 0.246 e. The van der Waals surface area contributed by atoms with Gasteiger partial charge in [-0.3, -0.25) is 9.69 Å². The van der Waals surface area contributed by atoms with Crippen LogP contribution in [0.5, 0.6) is 0 Å². The van der Waals surface area contributed by atoms with Gasteiger partial charge in [0.15, 0.2) is 0 Å². The largest absolute Gasteiger partial charge is 0.337 e. The predicted octanol–water partition coefficient (Wildman–Crippen LogP) is 3.84. The molecular weight excluding hydrogens is 339 g/mol. The van der Waals surface area contributed by atoms with E-state index in [-0.39, 0.29) is 11.7 Å². The molecule has 1 fully saturated rings. The Hall–Kier alpha value is -2.17. The van der Waals surface area contributed by atoms with Gasteiger partial charge >= 0.3 is 0 Å². The van der Waals surface area contributed by atoms with Crippen molar-refractivity contribution in [2.45, 2.75) is 6.54 Å². The van der Waals surface area contributed by atoms with Gasteiger partial charge in [-0.2, -0.15) is 0 Å². The van der Waals surface area contributed by atoms with Crippen molar-refractivity contribution in [3.8, 4) is 0 Å². The zero-order valence-electron chi connectivity index (χ0n) is 13.9. The van der Waals surface area contributed by atoms with Crippen LogP contribution in [0, 0.1) is 5.82 Å². The second-order valence-electron chi connectivity index (χ2n) is 6.11. The van der Waals surface area contributed by atoms with Crippen LogP contribution in [0.3, 0.4) is 0 Å². The molecule has 25 heavy (non-hydrogen) atoms. The molecule has 3 rings (SSSR count). The summed E-state index contributed by atoms with van der Waals surface area (Å²) in [6, 6.07) is 14.0. The van der Waals surface area contributed by atoms with Crippen LogP contribution in [-0.4, -0.2) is 41.9 Å². The first-order valence-corrected chi connectivity index (χ1v) is 8.67. The highest BCUT2D eigenvalue weighted by molar-refractivity contribution is 6.30. The highest BCUT2D eigenvalue weighted by Crippen LogP contribution is 2.12. The number of halogens is 2. The molecule has 0 aromatic heterocycles. The van der Waals surface area contributed by atoms with E-state index in [0.717, 1.165) is 30.8 Å². The molecular formula is C20H20ClFN2O. The van der Waals surface area contributed by atoms with Gasteiger partial charge in [0.25, 0.3) is 0 Å². The first-order valence-electron chi connectivity index (χ1n) is 8.29. The van der Waals surface area contributed by atoms with Crippen molar-refractivity contribution in [3.63, 3.8) is 0 Å². The van der Waals surface area contributed by atoms with E-state index in [1.54, 1.807) is 18.2 Å². The number of benzene rings is 2. The fourth-order valence-corrected chi connectivity index (χ4v) is 2.95. The number of carbonyl (C=O) groups excluding carboxylic acids is 1. The fourth-order valence-electron chi connectivity index (χ4n) is 2.82. The normalized spacial score (nSPS) is 15.7. The number of nitrogens with zero attached hydrogens (tertiary/aromatic N) is 2. The molecule has 3 nitrogen and oxygen atoms in total. The molecule has 2 aromatic rings. The Balaban J connectivity index is 1.48. The summed E-state index contributed by atoms with van der Waals surface area (Å²) in [7, 11) is 0. The van der Waals surface area contributed by atoms with Gasteiger partial charge in [0, 0.05) is 43.8 Å². The average Bonchev–Trinajstić information content (AvgIpc) is 2.63. The second-order valence-corrected chi connectivity index (χ2v) is 6.55. The molecule has 2 aromatic carbocycles. The van der Waals surface area contributed by atoms with Crippen LogP contribution in [0.25, 0.3) is 6.08 Å². The molecule has 0 saturated carbocycles. The third-order valence-electron chi connectivity index (χ3n) is 4.29. The lowest BCUT2D eigenvalue weighted by molar-refractivity contribution is -0.127. The van der Waals surface area contributed by atoms with E-state index in [9.17, 15) is 9.18 Å². The molecule has 0 bridgehead atoms. The zero-order chi connectivity index (χ0) is 17.6. The molecule has 1 amide bonds. The van der Waals surface area contributed by atoms with Gasteiger partial charge in [-0.1, -0.05) is 35.9 Å². The van der Waals surface area contributed by atoms with E-state index in [0.29, 0.717) is 18.1 Å². The molecule has 0 atom stereocenters. The van der Waals surface area contributed by atoms with Crippen LogP contribution in [0.4, 0.5) is 4.39 Å². The van der Waals surface area contributed by atoms with Gasteiger partial charge in [0.2, 0.25) is 5.91 Å². The van der Waals surface area contributed by atoms with Gasteiger partial charge in [0.05, 0.1) is 0 Å². The third kappa shape index (κ3) is 5.15. The van der Waals surface area contributed by atoms with E-state index in [2.05, 4.69) is 4.90 Å². The van der Waals surface area contributed by atoms with Crippen molar-refractivity contribution >= 4 is 23.6 Å². The predicted molar refractivity (Wildman–Crippen MR) is 98.7 cm³/mol. The minimum Gasteiger partial charge on any atom is -0.337 e. The summed E-state index contributed by atoms with van der Waals surface area (Å²) >= 11 is 5.85. The quantitative estimate of drug-likeness (QED) is 0.775. The van der Waals surface area contributed by atoms with Gasteiger partial charge in [-0.05, 0) is 41.5 Å². The lowest BCUT2D eigenvalue weighted by Gasteiger charge is -2.34. The third-order valence-corrected chi connectivity index (χ3v) is 4.54. The molecule has 130 valence electrons. The number of amides is 1. The number of carbonyl (C=O) groups is 1. The highest BCUT2D eigenvalue weighted by atomic mass is 35.5. The van der Waals surface area contributed by atoms with Gasteiger partial charge in [0.1, 0.15) is 5.82 Å². The zero-order valence-corrected chi connectivity index (χ0v) is 14.6. The summed E-state index contributed by atoms with van der Waals surface area (Å²) in [4.78, 5) is 16.4. The summed E-state index contributed by atoms with van der Waals surface area (Å²) in [5.41, 5.74) is 2.04. The Morgan fingerprint density at radius 1 is 1.00 bits per heavy atom. The smallest absolute Gasteiger partial charge is 0.246 e. The molecule has 0 aliphatic carbocycles. The first kappa shape index (κ1) is 17.6. The number of hydrogen-bond acceptors (Lipinski definition) is 2. The van der Waals surface area contributed by atoms with E-state index in [1.165, 1.54) is 12.1 Å². The number of rotatable bonds is 4. The summed E-state index contributed by atoms with van der Waals surface area (Å²) in [5, 5.41) is 0.681. The molecule has 0 radical (unpaired) electrons. The highest BCUT2D eigenvalue weighted by Gasteiger charge is 2.19. The van der Waals surface area contributed by atoms with Crippen LogP contribution < -0.4 is 0 Å². The molecule has 1 heterocycles. The Morgan fingerprint density at radius 3 is 2.28 bits per heavy atom. The van der Waals surface area contributed by atoms with E-state index < -0.39 is 0 Å². The molecule has 0 unspecified atom stereocenters. The van der Waals surface area contributed by atoms with Crippen molar-refractivity contribution in [1.82, 2.24) is 9.80 Å². The fraction of sp³-hybridized carbons (Fsp3) is 0.250. The van der Waals surface area contributed by atoms with Gasteiger partial charge in [-0.15, -0.1) is 0 Å². The van der Waals surface area contributed by atoms with Crippen LogP contribution in [-0.2, 0) is 11.3 Å². The minimum absolute atomic E-state index is 0.0244. The van der Waals surface area contributed by atoms with Gasteiger partial charge in [-0.25, -0.2) is 4.39 Å². The van der Waals surface area contributed by atoms with Crippen molar-refractivity contribution < 1.29 is 9.18 Å². The molecule has 5 heteroatoms. The maximum atomic E-state index is 12.9. The molecule has 1 aliphatic rings. The van der Waals surface area contributed by atoms with Crippen molar-refractivity contribution in [1.29, 1.82) is 0 Å². The van der Waals surface area contributed by atoms with E-state index >= 15 is 0 Å². The molecule has 0 N–H and O–H groups in total. The Morgan fingerprint density at radius 2 is 1.64 bits per heavy atom. The monoisotopic (exact) mass is 358 g/mol. The van der Waals surface area contributed by atoms with Crippen molar-refractivity contribution in [2.24, 2.45) is 0 Å². The summed E-state index contributed by atoms with van der Waals surface area (Å²) < 4.78 is 12.9. The molecule has 1 aliphatic heterocycles. The first-order chi connectivity index (χ1) is 12.1. The minimum atomic E-state index is -0.216. The molecule has 0 spiro atoms. The van der Waals surface area contributed by atoms with Gasteiger partial charge < -0.3 is 4.90 Å². The second kappa shape index (κ2) is 8.28. The standard InChI is InChI=1S/C20H20ClFN2O/c21-18-6-1-16(2-7-18)5-10-20(25)24-13-11-23(12-14-24)15-17-3-8-19(22)9-4-17/h1-10H,11-15H2/b10-5-. The van der Waals surface area contributed by atoms with Crippen LogP contribution in [0.15, 0.2) is 54.6 Å². The Kier molecular flexibility index (Phi) is 5.84. The number of hydrogen-bond donors (Lipinski definition) is 0. The number of piperazine rings is 1. The lowest BCUT2D eigenvalue weighted by atomic mass is 10.2.